The summed E-state index contributed by atoms with van der Waals surface area (Å²) < 4.78 is 26.8. The van der Waals surface area contributed by atoms with Crippen molar-refractivity contribution in [2.45, 2.75) is 11.3 Å². The Balaban J connectivity index is 2.28. The molecule has 100 valence electrons. The Kier molecular flexibility index (Phi) is 4.33. The zero-order chi connectivity index (χ0) is 13.3. The van der Waals surface area contributed by atoms with E-state index in [9.17, 15) is 8.42 Å². The molecule has 2 rings (SSSR count). The maximum Gasteiger partial charge on any atom is 0.243 e. The molecule has 1 aromatic carbocycles. The smallest absolute Gasteiger partial charge is 0.243 e. The van der Waals surface area contributed by atoms with Crippen molar-refractivity contribution in [1.29, 1.82) is 0 Å². The number of halogens is 2. The number of nitrogens with zero attached hydrogens (tertiary/aromatic N) is 1. The third-order valence-electron chi connectivity index (χ3n) is 3.11. The van der Waals surface area contributed by atoms with Gasteiger partial charge in [0.05, 0.1) is 9.92 Å². The first-order valence-corrected chi connectivity index (χ1v) is 8.21. The third kappa shape index (κ3) is 2.72. The molecular weight excluding hydrogens is 340 g/mol. The lowest BCUT2D eigenvalue weighted by Crippen LogP contribution is -2.30. The number of hydrogen-bond donors (Lipinski definition) is 1. The van der Waals surface area contributed by atoms with Gasteiger partial charge in [0, 0.05) is 17.6 Å². The molecule has 1 saturated heterocycles. The van der Waals surface area contributed by atoms with Crippen molar-refractivity contribution in [2.24, 2.45) is 11.7 Å². The highest BCUT2D eigenvalue weighted by Gasteiger charge is 2.32. The van der Waals surface area contributed by atoms with Crippen LogP contribution < -0.4 is 5.73 Å². The van der Waals surface area contributed by atoms with Crippen LogP contribution in [0.4, 0.5) is 0 Å². The molecule has 0 saturated carbocycles. The van der Waals surface area contributed by atoms with Crippen molar-refractivity contribution in [3.05, 3.63) is 27.7 Å². The second-order valence-corrected chi connectivity index (χ2v) is 7.53. The maximum atomic E-state index is 12.4. The summed E-state index contributed by atoms with van der Waals surface area (Å²) in [6, 6.07) is 4.64. The van der Waals surface area contributed by atoms with Gasteiger partial charge in [-0.3, -0.25) is 0 Å². The standard InChI is InChI=1S/C11H14BrClN2O2S/c12-10-5-9(1-2-11(10)13)18(16,17)15-4-3-8(6-14)7-15/h1-2,5,8H,3-4,6-7,14H2. The van der Waals surface area contributed by atoms with E-state index >= 15 is 0 Å². The second kappa shape index (κ2) is 5.46. The van der Waals surface area contributed by atoms with E-state index in [0.717, 1.165) is 6.42 Å². The number of rotatable bonds is 3. The molecule has 1 aliphatic rings. The Hall–Kier alpha value is -0.140. The first-order valence-electron chi connectivity index (χ1n) is 5.60. The van der Waals surface area contributed by atoms with Crippen molar-refractivity contribution in [3.8, 4) is 0 Å². The molecule has 7 heteroatoms. The summed E-state index contributed by atoms with van der Waals surface area (Å²) in [5.41, 5.74) is 5.58. The summed E-state index contributed by atoms with van der Waals surface area (Å²) in [4.78, 5) is 0.261. The normalized spacial score (nSPS) is 21.4. The molecule has 0 amide bonds. The first-order chi connectivity index (χ1) is 8.45. The van der Waals surface area contributed by atoms with Gasteiger partial charge in [0.2, 0.25) is 10.0 Å². The highest BCUT2D eigenvalue weighted by atomic mass is 79.9. The maximum absolute atomic E-state index is 12.4. The van der Waals surface area contributed by atoms with Crippen LogP contribution in [0.15, 0.2) is 27.6 Å². The molecule has 0 bridgehead atoms. The average molecular weight is 354 g/mol. The van der Waals surface area contributed by atoms with E-state index in [1.165, 1.54) is 16.4 Å². The SMILES string of the molecule is NCC1CCN(S(=O)(=O)c2ccc(Cl)c(Br)c2)C1. The molecule has 1 atom stereocenters. The fourth-order valence-corrected chi connectivity index (χ4v) is 4.20. The molecule has 18 heavy (non-hydrogen) atoms. The Morgan fingerprint density at radius 1 is 1.50 bits per heavy atom. The summed E-state index contributed by atoms with van der Waals surface area (Å²) in [5, 5.41) is 0.496. The zero-order valence-corrected chi connectivity index (χ0v) is 12.8. The molecule has 0 aliphatic carbocycles. The van der Waals surface area contributed by atoms with Gasteiger partial charge in [-0.25, -0.2) is 8.42 Å². The molecule has 1 heterocycles. The van der Waals surface area contributed by atoms with Gasteiger partial charge < -0.3 is 5.73 Å². The molecule has 0 radical (unpaired) electrons. The molecule has 4 nitrogen and oxygen atoms in total. The molecule has 2 N–H and O–H groups in total. The van der Waals surface area contributed by atoms with Crippen molar-refractivity contribution in [2.75, 3.05) is 19.6 Å². The Labute approximate surface area is 120 Å². The lowest BCUT2D eigenvalue weighted by molar-refractivity contribution is 0.459. The Morgan fingerprint density at radius 2 is 2.22 bits per heavy atom. The molecular formula is C11H14BrClN2O2S. The van der Waals surface area contributed by atoms with E-state index in [2.05, 4.69) is 15.9 Å². The monoisotopic (exact) mass is 352 g/mol. The minimum Gasteiger partial charge on any atom is -0.330 e. The van der Waals surface area contributed by atoms with E-state index < -0.39 is 10.0 Å². The van der Waals surface area contributed by atoms with Crippen LogP contribution in [0.5, 0.6) is 0 Å². The van der Waals surface area contributed by atoms with Gasteiger partial charge in [-0.2, -0.15) is 4.31 Å². The largest absolute Gasteiger partial charge is 0.330 e. The lowest BCUT2D eigenvalue weighted by Gasteiger charge is -2.16. The fourth-order valence-electron chi connectivity index (χ4n) is 1.99. The first kappa shape index (κ1) is 14.3. The quantitative estimate of drug-likeness (QED) is 0.905. The van der Waals surface area contributed by atoms with Crippen LogP contribution in [-0.2, 0) is 10.0 Å². The highest BCUT2D eigenvalue weighted by Crippen LogP contribution is 2.29. The fraction of sp³-hybridized carbons (Fsp3) is 0.455. The number of hydrogen-bond acceptors (Lipinski definition) is 3. The third-order valence-corrected chi connectivity index (χ3v) is 6.19. The van der Waals surface area contributed by atoms with Crippen LogP contribution >= 0.6 is 27.5 Å². The zero-order valence-electron chi connectivity index (χ0n) is 9.64. The summed E-state index contributed by atoms with van der Waals surface area (Å²) in [7, 11) is -3.43. The van der Waals surface area contributed by atoms with E-state index in [0.29, 0.717) is 29.1 Å². The van der Waals surface area contributed by atoms with Gasteiger partial charge in [0.25, 0.3) is 0 Å². The van der Waals surface area contributed by atoms with Gasteiger partial charge in [-0.15, -0.1) is 0 Å². The summed E-state index contributed by atoms with van der Waals surface area (Å²) in [5.74, 6) is 0.260. The van der Waals surface area contributed by atoms with Crippen molar-refractivity contribution < 1.29 is 8.42 Å². The predicted molar refractivity (Wildman–Crippen MR) is 75.1 cm³/mol. The number of nitrogens with two attached hydrogens (primary N) is 1. The van der Waals surface area contributed by atoms with Crippen molar-refractivity contribution in [1.82, 2.24) is 4.31 Å². The van der Waals surface area contributed by atoms with E-state index in [-0.39, 0.29) is 10.8 Å². The van der Waals surface area contributed by atoms with E-state index in [4.69, 9.17) is 17.3 Å². The average Bonchev–Trinajstić information content (AvgIpc) is 2.81. The van der Waals surface area contributed by atoms with Gasteiger partial charge in [-0.05, 0) is 53.0 Å². The minimum absolute atomic E-state index is 0.260. The molecule has 0 aromatic heterocycles. The van der Waals surface area contributed by atoms with Crippen LogP contribution in [0.25, 0.3) is 0 Å². The molecule has 1 aliphatic heterocycles. The van der Waals surface area contributed by atoms with Crippen LogP contribution in [-0.4, -0.2) is 32.4 Å². The molecule has 0 spiro atoms. The van der Waals surface area contributed by atoms with Crippen LogP contribution in [0, 0.1) is 5.92 Å². The number of sulfonamides is 1. The Morgan fingerprint density at radius 3 is 2.78 bits per heavy atom. The van der Waals surface area contributed by atoms with Crippen LogP contribution in [0.3, 0.4) is 0 Å². The van der Waals surface area contributed by atoms with Crippen molar-refractivity contribution in [3.63, 3.8) is 0 Å². The van der Waals surface area contributed by atoms with E-state index in [1.807, 2.05) is 0 Å². The summed E-state index contributed by atoms with van der Waals surface area (Å²) in [6.45, 7) is 1.56. The summed E-state index contributed by atoms with van der Waals surface area (Å²) >= 11 is 9.10. The number of benzene rings is 1. The summed E-state index contributed by atoms with van der Waals surface area (Å²) in [6.07, 6.45) is 0.824. The topological polar surface area (TPSA) is 63.4 Å². The highest BCUT2D eigenvalue weighted by molar-refractivity contribution is 9.10. The van der Waals surface area contributed by atoms with E-state index in [1.54, 1.807) is 6.07 Å². The Bertz CT molecular complexity index is 550. The minimum atomic E-state index is -3.43. The van der Waals surface area contributed by atoms with Gasteiger partial charge in [-0.1, -0.05) is 11.6 Å². The molecule has 1 unspecified atom stereocenters. The molecule has 1 aromatic rings. The van der Waals surface area contributed by atoms with Gasteiger partial charge in [0.15, 0.2) is 0 Å². The van der Waals surface area contributed by atoms with Crippen LogP contribution in [0.1, 0.15) is 6.42 Å². The lowest BCUT2D eigenvalue weighted by atomic mass is 10.1. The van der Waals surface area contributed by atoms with Crippen LogP contribution in [0.2, 0.25) is 5.02 Å². The predicted octanol–water partition coefficient (Wildman–Crippen LogP) is 2.07. The molecule has 1 fully saturated rings. The van der Waals surface area contributed by atoms with Gasteiger partial charge >= 0.3 is 0 Å². The van der Waals surface area contributed by atoms with Gasteiger partial charge in [0.1, 0.15) is 0 Å². The van der Waals surface area contributed by atoms with Crippen molar-refractivity contribution >= 4 is 37.6 Å². The second-order valence-electron chi connectivity index (χ2n) is 4.33.